The molecule has 1 aromatic rings. The molecule has 0 aliphatic rings. The minimum atomic E-state index is -1.20. The van der Waals surface area contributed by atoms with E-state index in [-0.39, 0.29) is 11.7 Å². The van der Waals surface area contributed by atoms with Crippen LogP contribution in [0.4, 0.5) is 0 Å². The lowest BCUT2D eigenvalue weighted by Crippen LogP contribution is -2.51. The van der Waals surface area contributed by atoms with Crippen LogP contribution in [0.1, 0.15) is 19.4 Å². The van der Waals surface area contributed by atoms with Crippen molar-refractivity contribution in [2.75, 3.05) is 12.8 Å². The van der Waals surface area contributed by atoms with Crippen molar-refractivity contribution in [2.24, 2.45) is 0 Å². The number of nitrogens with zero attached hydrogens (tertiary/aromatic N) is 1. The van der Waals surface area contributed by atoms with Crippen LogP contribution in [0.25, 0.3) is 0 Å². The van der Waals surface area contributed by atoms with E-state index in [1.165, 1.54) is 37.6 Å². The van der Waals surface area contributed by atoms with E-state index in [1.54, 1.807) is 6.07 Å². The Balaban J connectivity index is 2.50. The second-order valence-corrected chi connectivity index (χ2v) is 6.36. The molecule has 0 atom stereocenters. The summed E-state index contributed by atoms with van der Waals surface area (Å²) in [5.74, 6) is -0.328. The highest BCUT2D eigenvalue weighted by atomic mass is 35.5. The van der Waals surface area contributed by atoms with Gasteiger partial charge in [0.25, 0.3) is 0 Å². The van der Waals surface area contributed by atoms with Crippen LogP contribution in [0, 0.1) is 0 Å². The minimum absolute atomic E-state index is 0.204. The first kappa shape index (κ1) is 16.9. The van der Waals surface area contributed by atoms with Gasteiger partial charge in [0.2, 0.25) is 5.91 Å². The number of rotatable bonds is 6. The lowest BCUT2D eigenvalue weighted by molar-refractivity contribution is -0.154. The van der Waals surface area contributed by atoms with Crippen LogP contribution in [0.5, 0.6) is 0 Å². The van der Waals surface area contributed by atoms with Gasteiger partial charge in [0.1, 0.15) is 5.54 Å². The molecule has 0 unspecified atom stereocenters. The van der Waals surface area contributed by atoms with Crippen molar-refractivity contribution in [1.29, 1.82) is 0 Å². The number of hydrogen-bond acceptors (Lipinski definition) is 3. The summed E-state index contributed by atoms with van der Waals surface area (Å²) >= 11 is 7.32. The molecule has 1 aromatic carbocycles. The second-order valence-electron chi connectivity index (χ2n) is 4.94. The molecule has 0 spiro atoms. The van der Waals surface area contributed by atoms with Gasteiger partial charge >= 0.3 is 5.97 Å². The number of amides is 1. The van der Waals surface area contributed by atoms with E-state index < -0.39 is 11.5 Å². The van der Waals surface area contributed by atoms with Gasteiger partial charge in [0, 0.05) is 17.8 Å². The highest BCUT2D eigenvalue weighted by Gasteiger charge is 2.34. The summed E-state index contributed by atoms with van der Waals surface area (Å²) in [6.45, 7) is 3.02. The summed E-state index contributed by atoms with van der Waals surface area (Å²) in [5, 5.41) is 9.74. The molecule has 1 N–H and O–H groups in total. The molecular weight excluding hydrogens is 298 g/mol. The molecule has 0 saturated carbocycles. The topological polar surface area (TPSA) is 57.6 Å². The third-order valence-electron chi connectivity index (χ3n) is 3.12. The van der Waals surface area contributed by atoms with Crippen molar-refractivity contribution >= 4 is 35.2 Å². The highest BCUT2D eigenvalue weighted by molar-refractivity contribution is 7.99. The van der Waals surface area contributed by atoms with E-state index in [9.17, 15) is 9.59 Å². The predicted molar refractivity (Wildman–Crippen MR) is 82.1 cm³/mol. The Morgan fingerprint density at radius 3 is 2.60 bits per heavy atom. The lowest BCUT2D eigenvalue weighted by Gasteiger charge is -2.31. The summed E-state index contributed by atoms with van der Waals surface area (Å²) < 4.78 is 0. The molecule has 20 heavy (non-hydrogen) atoms. The maximum atomic E-state index is 12.0. The number of benzene rings is 1. The number of carbonyl (C=O) groups is 2. The van der Waals surface area contributed by atoms with E-state index in [4.69, 9.17) is 16.7 Å². The third kappa shape index (κ3) is 4.42. The van der Waals surface area contributed by atoms with Crippen LogP contribution in [-0.4, -0.2) is 40.2 Å². The van der Waals surface area contributed by atoms with Crippen LogP contribution in [-0.2, 0) is 15.3 Å². The monoisotopic (exact) mass is 315 g/mol. The van der Waals surface area contributed by atoms with Crippen LogP contribution < -0.4 is 0 Å². The fourth-order valence-electron chi connectivity index (χ4n) is 1.43. The SMILES string of the molecule is CN(C(=O)CSCc1cccc(Cl)c1)C(C)(C)C(=O)O. The largest absolute Gasteiger partial charge is 0.480 e. The number of halogens is 1. The van der Waals surface area contributed by atoms with E-state index in [0.29, 0.717) is 10.8 Å². The van der Waals surface area contributed by atoms with Gasteiger partial charge in [-0.25, -0.2) is 4.79 Å². The first-order valence-electron chi connectivity index (χ1n) is 6.07. The predicted octanol–water partition coefficient (Wildman–Crippen LogP) is 2.89. The second kappa shape index (κ2) is 6.99. The highest BCUT2D eigenvalue weighted by Crippen LogP contribution is 2.19. The minimum Gasteiger partial charge on any atom is -0.480 e. The Morgan fingerprint density at radius 1 is 1.40 bits per heavy atom. The van der Waals surface area contributed by atoms with Crippen molar-refractivity contribution in [3.05, 3.63) is 34.9 Å². The number of likely N-dealkylation sites (N-methyl/N-ethyl adjacent to an activating group) is 1. The normalized spacial score (nSPS) is 11.2. The average molecular weight is 316 g/mol. The van der Waals surface area contributed by atoms with Crippen LogP contribution in [0.3, 0.4) is 0 Å². The molecule has 0 aromatic heterocycles. The van der Waals surface area contributed by atoms with Gasteiger partial charge in [-0.15, -0.1) is 11.8 Å². The molecule has 0 fully saturated rings. The van der Waals surface area contributed by atoms with E-state index in [1.807, 2.05) is 18.2 Å². The van der Waals surface area contributed by atoms with Gasteiger partial charge in [-0.3, -0.25) is 4.79 Å². The molecule has 0 aliphatic heterocycles. The maximum Gasteiger partial charge on any atom is 0.329 e. The van der Waals surface area contributed by atoms with E-state index in [0.717, 1.165) is 5.56 Å². The number of carbonyl (C=O) groups excluding carboxylic acids is 1. The third-order valence-corrected chi connectivity index (χ3v) is 4.34. The zero-order valence-corrected chi connectivity index (χ0v) is 13.3. The first-order valence-corrected chi connectivity index (χ1v) is 7.60. The fourth-order valence-corrected chi connectivity index (χ4v) is 2.53. The molecule has 0 aliphatic carbocycles. The van der Waals surface area contributed by atoms with Gasteiger partial charge in [-0.2, -0.15) is 0 Å². The number of carboxylic acids is 1. The first-order chi connectivity index (χ1) is 9.25. The van der Waals surface area contributed by atoms with Crippen LogP contribution >= 0.6 is 23.4 Å². The molecule has 1 amide bonds. The molecule has 0 heterocycles. The van der Waals surface area contributed by atoms with Crippen molar-refractivity contribution in [3.8, 4) is 0 Å². The molecule has 0 saturated heterocycles. The van der Waals surface area contributed by atoms with Gasteiger partial charge in [0.05, 0.1) is 5.75 Å². The van der Waals surface area contributed by atoms with E-state index >= 15 is 0 Å². The molecule has 110 valence electrons. The van der Waals surface area contributed by atoms with Gasteiger partial charge in [-0.05, 0) is 31.5 Å². The Morgan fingerprint density at radius 2 is 2.05 bits per heavy atom. The van der Waals surface area contributed by atoms with Gasteiger partial charge in [-0.1, -0.05) is 23.7 Å². The molecule has 6 heteroatoms. The van der Waals surface area contributed by atoms with Crippen LogP contribution in [0.15, 0.2) is 24.3 Å². The Kier molecular flexibility index (Phi) is 5.89. The Bertz CT molecular complexity index is 505. The average Bonchev–Trinajstić information content (AvgIpc) is 2.37. The zero-order valence-electron chi connectivity index (χ0n) is 11.7. The molecule has 0 bridgehead atoms. The lowest BCUT2D eigenvalue weighted by atomic mass is 10.0. The summed E-state index contributed by atoms with van der Waals surface area (Å²) in [6.07, 6.45) is 0. The molecule has 1 rings (SSSR count). The van der Waals surface area contributed by atoms with Gasteiger partial charge in [0.15, 0.2) is 0 Å². The fraction of sp³-hybridized carbons (Fsp3) is 0.429. The summed E-state index contributed by atoms with van der Waals surface area (Å²) in [7, 11) is 1.51. The van der Waals surface area contributed by atoms with Crippen molar-refractivity contribution in [2.45, 2.75) is 25.1 Å². The maximum absolute atomic E-state index is 12.0. The van der Waals surface area contributed by atoms with Gasteiger partial charge < -0.3 is 10.0 Å². The quantitative estimate of drug-likeness (QED) is 0.877. The Hall–Kier alpha value is -1.20. The summed E-state index contributed by atoms with van der Waals surface area (Å²) in [5.41, 5.74) is -0.163. The summed E-state index contributed by atoms with van der Waals surface area (Å²) in [4.78, 5) is 24.3. The smallest absolute Gasteiger partial charge is 0.329 e. The molecular formula is C14H18ClNO3S. The number of thioether (sulfide) groups is 1. The van der Waals surface area contributed by atoms with E-state index in [2.05, 4.69) is 0 Å². The van der Waals surface area contributed by atoms with Crippen molar-refractivity contribution in [3.63, 3.8) is 0 Å². The molecule has 0 radical (unpaired) electrons. The number of aliphatic carboxylic acids is 1. The number of carboxylic acid groups (broad SMARTS) is 1. The molecule has 4 nitrogen and oxygen atoms in total. The standard InChI is InChI=1S/C14H18ClNO3S/c1-14(2,13(18)19)16(3)12(17)9-20-8-10-5-4-6-11(15)7-10/h4-7H,8-9H2,1-3H3,(H,18,19). The summed E-state index contributed by atoms with van der Waals surface area (Å²) in [6, 6.07) is 7.45. The van der Waals surface area contributed by atoms with Crippen LogP contribution in [0.2, 0.25) is 5.02 Å². The van der Waals surface area contributed by atoms with Crippen molar-refractivity contribution < 1.29 is 14.7 Å². The number of hydrogen-bond donors (Lipinski definition) is 1. The van der Waals surface area contributed by atoms with Crippen molar-refractivity contribution in [1.82, 2.24) is 4.90 Å². The Labute approximate surface area is 128 Å². The zero-order chi connectivity index (χ0) is 15.3.